The quantitative estimate of drug-likeness (QED) is 0.326. The number of benzene rings is 1. The molecular weight excluding hydrogens is 268 g/mol. The highest BCUT2D eigenvalue weighted by atomic mass is 16.5. The van der Waals surface area contributed by atoms with E-state index in [1.807, 2.05) is 36.4 Å². The van der Waals surface area contributed by atoms with Crippen LogP contribution in [0.1, 0.15) is 16.8 Å². The Morgan fingerprint density at radius 1 is 1.29 bits per heavy atom. The first-order valence-corrected chi connectivity index (χ1v) is 6.48. The maximum atomic E-state index is 8.80. The van der Waals surface area contributed by atoms with Crippen molar-refractivity contribution in [3.63, 3.8) is 0 Å². The SMILES string of the molecule is COCc1ccccc1NCc1cccnc1C(N)=NO. The molecule has 0 aliphatic heterocycles. The van der Waals surface area contributed by atoms with Crippen molar-refractivity contribution >= 4 is 11.5 Å². The van der Waals surface area contributed by atoms with Crippen LogP contribution in [0.25, 0.3) is 0 Å². The third-order valence-corrected chi connectivity index (χ3v) is 3.03. The van der Waals surface area contributed by atoms with Crippen LogP contribution in [0.2, 0.25) is 0 Å². The third-order valence-electron chi connectivity index (χ3n) is 3.03. The van der Waals surface area contributed by atoms with Gasteiger partial charge in [0.2, 0.25) is 0 Å². The molecule has 2 rings (SSSR count). The first kappa shape index (κ1) is 14.8. The van der Waals surface area contributed by atoms with E-state index in [9.17, 15) is 0 Å². The van der Waals surface area contributed by atoms with E-state index in [4.69, 9.17) is 15.7 Å². The molecule has 0 unspecified atom stereocenters. The fourth-order valence-electron chi connectivity index (χ4n) is 2.02. The second kappa shape index (κ2) is 7.25. The fourth-order valence-corrected chi connectivity index (χ4v) is 2.02. The molecule has 6 heteroatoms. The van der Waals surface area contributed by atoms with Gasteiger partial charge in [0, 0.05) is 36.7 Å². The molecule has 1 heterocycles. The normalized spacial score (nSPS) is 11.4. The number of para-hydroxylation sites is 1. The van der Waals surface area contributed by atoms with E-state index in [1.165, 1.54) is 0 Å². The molecule has 1 aromatic carbocycles. The summed E-state index contributed by atoms with van der Waals surface area (Å²) < 4.78 is 5.18. The number of methoxy groups -OCH3 is 1. The summed E-state index contributed by atoms with van der Waals surface area (Å²) in [5.74, 6) is -0.00224. The molecule has 0 aliphatic carbocycles. The number of rotatable bonds is 6. The number of pyridine rings is 1. The molecule has 21 heavy (non-hydrogen) atoms. The Hall–Kier alpha value is -2.60. The molecule has 0 aliphatic rings. The summed E-state index contributed by atoms with van der Waals surface area (Å²) in [6.45, 7) is 1.05. The maximum Gasteiger partial charge on any atom is 0.189 e. The van der Waals surface area contributed by atoms with Crippen LogP contribution >= 0.6 is 0 Å². The molecule has 6 nitrogen and oxygen atoms in total. The van der Waals surface area contributed by atoms with E-state index in [1.54, 1.807) is 13.3 Å². The molecule has 0 radical (unpaired) electrons. The van der Waals surface area contributed by atoms with Crippen LogP contribution in [-0.2, 0) is 17.9 Å². The van der Waals surface area contributed by atoms with Crippen molar-refractivity contribution in [3.8, 4) is 0 Å². The number of ether oxygens (including phenoxy) is 1. The molecule has 1 aromatic heterocycles. The first-order chi connectivity index (χ1) is 10.3. The minimum atomic E-state index is -0.00224. The average Bonchev–Trinajstić information content (AvgIpc) is 2.54. The third kappa shape index (κ3) is 3.70. The zero-order valence-corrected chi connectivity index (χ0v) is 11.8. The molecule has 0 fully saturated rings. The highest BCUT2D eigenvalue weighted by molar-refractivity contribution is 5.96. The molecule has 4 N–H and O–H groups in total. The van der Waals surface area contributed by atoms with Gasteiger partial charge in [-0.05, 0) is 12.1 Å². The maximum absolute atomic E-state index is 8.80. The van der Waals surface area contributed by atoms with E-state index >= 15 is 0 Å². The highest BCUT2D eigenvalue weighted by Gasteiger charge is 2.08. The van der Waals surface area contributed by atoms with Crippen molar-refractivity contribution in [2.45, 2.75) is 13.2 Å². The van der Waals surface area contributed by atoms with Gasteiger partial charge in [0.15, 0.2) is 5.84 Å². The van der Waals surface area contributed by atoms with E-state index < -0.39 is 0 Å². The second-order valence-corrected chi connectivity index (χ2v) is 4.44. The summed E-state index contributed by atoms with van der Waals surface area (Å²) >= 11 is 0. The van der Waals surface area contributed by atoms with Crippen LogP contribution in [0.5, 0.6) is 0 Å². The summed E-state index contributed by atoms with van der Waals surface area (Å²) in [6.07, 6.45) is 1.61. The minimum absolute atomic E-state index is 0.00224. The van der Waals surface area contributed by atoms with Gasteiger partial charge in [-0.2, -0.15) is 0 Å². The summed E-state index contributed by atoms with van der Waals surface area (Å²) in [7, 11) is 1.66. The number of anilines is 1. The smallest absolute Gasteiger partial charge is 0.189 e. The minimum Gasteiger partial charge on any atom is -0.409 e. The molecule has 2 aromatic rings. The predicted molar refractivity (Wildman–Crippen MR) is 81.2 cm³/mol. The van der Waals surface area contributed by atoms with E-state index in [2.05, 4.69) is 15.5 Å². The molecule has 0 spiro atoms. The number of amidine groups is 1. The van der Waals surface area contributed by atoms with E-state index in [0.29, 0.717) is 18.8 Å². The van der Waals surface area contributed by atoms with Crippen molar-refractivity contribution < 1.29 is 9.94 Å². The van der Waals surface area contributed by atoms with Crippen molar-refractivity contribution in [2.75, 3.05) is 12.4 Å². The number of oxime groups is 1. The average molecular weight is 286 g/mol. The van der Waals surface area contributed by atoms with E-state index in [-0.39, 0.29) is 5.84 Å². The van der Waals surface area contributed by atoms with Crippen LogP contribution in [0.4, 0.5) is 5.69 Å². The lowest BCUT2D eigenvalue weighted by Crippen LogP contribution is -2.18. The van der Waals surface area contributed by atoms with Crippen LogP contribution in [0.3, 0.4) is 0 Å². The molecule has 0 amide bonds. The standard InChI is InChI=1S/C15H18N4O2/c1-21-10-12-5-2-3-7-13(12)18-9-11-6-4-8-17-14(11)15(16)19-20/h2-8,18,20H,9-10H2,1H3,(H2,16,19). The first-order valence-electron chi connectivity index (χ1n) is 6.48. The van der Waals surface area contributed by atoms with Gasteiger partial charge < -0.3 is 21.0 Å². The Bertz CT molecular complexity index is 629. The lowest BCUT2D eigenvalue weighted by molar-refractivity contribution is 0.185. The monoisotopic (exact) mass is 286 g/mol. The number of hydrogen-bond acceptors (Lipinski definition) is 5. The largest absolute Gasteiger partial charge is 0.409 e. The van der Waals surface area contributed by atoms with Gasteiger partial charge in [0.05, 0.1) is 6.61 Å². The number of nitrogens with zero attached hydrogens (tertiary/aromatic N) is 2. The second-order valence-electron chi connectivity index (χ2n) is 4.44. The molecule has 0 saturated heterocycles. The summed E-state index contributed by atoms with van der Waals surface area (Å²) in [5.41, 5.74) is 8.99. The molecule has 0 atom stereocenters. The van der Waals surface area contributed by atoms with Crippen molar-refractivity contribution in [1.29, 1.82) is 0 Å². The van der Waals surface area contributed by atoms with Gasteiger partial charge in [-0.3, -0.25) is 4.98 Å². The van der Waals surface area contributed by atoms with Crippen molar-refractivity contribution in [2.24, 2.45) is 10.9 Å². The predicted octanol–water partition coefficient (Wildman–Crippen LogP) is 1.93. The lowest BCUT2D eigenvalue weighted by atomic mass is 10.1. The van der Waals surface area contributed by atoms with Gasteiger partial charge in [-0.1, -0.05) is 29.4 Å². The van der Waals surface area contributed by atoms with E-state index in [0.717, 1.165) is 16.8 Å². The number of aromatic nitrogens is 1. The topological polar surface area (TPSA) is 92.8 Å². The molecule has 110 valence electrons. The Labute approximate surface area is 123 Å². The molecule has 0 bridgehead atoms. The Balaban J connectivity index is 2.17. The van der Waals surface area contributed by atoms with Gasteiger partial charge in [0.25, 0.3) is 0 Å². The van der Waals surface area contributed by atoms with Gasteiger partial charge in [0.1, 0.15) is 5.69 Å². The molecule has 0 saturated carbocycles. The van der Waals surface area contributed by atoms with Gasteiger partial charge in [-0.25, -0.2) is 0 Å². The zero-order valence-electron chi connectivity index (χ0n) is 11.8. The Kier molecular flexibility index (Phi) is 5.11. The van der Waals surface area contributed by atoms with Crippen molar-refractivity contribution in [3.05, 3.63) is 59.4 Å². The summed E-state index contributed by atoms with van der Waals surface area (Å²) in [5, 5.41) is 15.1. The number of nitrogens with one attached hydrogen (secondary N) is 1. The number of hydrogen-bond donors (Lipinski definition) is 3. The highest BCUT2D eigenvalue weighted by Crippen LogP contribution is 2.17. The van der Waals surface area contributed by atoms with Crippen LogP contribution < -0.4 is 11.1 Å². The van der Waals surface area contributed by atoms with Crippen molar-refractivity contribution in [1.82, 2.24) is 4.98 Å². The Morgan fingerprint density at radius 3 is 2.81 bits per heavy atom. The lowest BCUT2D eigenvalue weighted by Gasteiger charge is -2.13. The van der Waals surface area contributed by atoms with Crippen LogP contribution in [0, 0.1) is 0 Å². The van der Waals surface area contributed by atoms with Crippen LogP contribution in [-0.4, -0.2) is 23.1 Å². The summed E-state index contributed by atoms with van der Waals surface area (Å²) in [6, 6.07) is 11.6. The zero-order chi connectivity index (χ0) is 15.1. The fraction of sp³-hybridized carbons (Fsp3) is 0.200. The van der Waals surface area contributed by atoms with Crippen LogP contribution in [0.15, 0.2) is 47.8 Å². The molecular formula is C15H18N4O2. The van der Waals surface area contributed by atoms with Gasteiger partial charge in [-0.15, -0.1) is 0 Å². The number of nitrogens with two attached hydrogens (primary N) is 1. The van der Waals surface area contributed by atoms with Gasteiger partial charge >= 0.3 is 0 Å². The summed E-state index contributed by atoms with van der Waals surface area (Å²) in [4.78, 5) is 4.14. The Morgan fingerprint density at radius 2 is 2.05 bits per heavy atom.